The second-order valence-corrected chi connectivity index (χ2v) is 14.0. The van der Waals surface area contributed by atoms with E-state index in [-0.39, 0.29) is 35.1 Å². The molecule has 0 spiro atoms. The van der Waals surface area contributed by atoms with Gasteiger partial charge >= 0.3 is 0 Å². The number of aliphatic hydroxyl groups excluding tert-OH is 1. The second-order valence-electron chi connectivity index (χ2n) is 13.1. The highest BCUT2D eigenvalue weighted by Crippen LogP contribution is 2.37. The molecule has 4 aromatic rings. The Morgan fingerprint density at radius 1 is 1.14 bits per heavy atom. The third-order valence-electron chi connectivity index (χ3n) is 8.77. The van der Waals surface area contributed by atoms with Crippen LogP contribution in [0.4, 0.5) is 0 Å². The summed E-state index contributed by atoms with van der Waals surface area (Å²) in [6.45, 7) is 8.85. The minimum Gasteiger partial charge on any atom is -0.378 e. The Morgan fingerprint density at radius 3 is 2.64 bits per heavy atom. The summed E-state index contributed by atoms with van der Waals surface area (Å²) in [5.41, 5.74) is 4.29. The van der Waals surface area contributed by atoms with Crippen LogP contribution >= 0.6 is 23.2 Å². The van der Waals surface area contributed by atoms with Crippen molar-refractivity contribution < 1.29 is 9.90 Å². The Hall–Kier alpha value is -2.91. The smallest absolute Gasteiger partial charge is 0.251 e. The molecule has 1 saturated heterocycles. The van der Waals surface area contributed by atoms with Gasteiger partial charge in [0.25, 0.3) is 5.56 Å². The first kappa shape index (κ1) is 29.2. The number of benzene rings is 2. The number of H-pyrrole nitrogens is 2. The molecule has 2 aromatic heterocycles. The minimum atomic E-state index is -0.775. The Kier molecular flexibility index (Phi) is 7.85. The highest BCUT2D eigenvalue weighted by molar-refractivity contribution is 6.35. The van der Waals surface area contributed by atoms with Crippen molar-refractivity contribution in [1.29, 1.82) is 0 Å². The molecule has 0 aliphatic carbocycles. The van der Waals surface area contributed by atoms with E-state index in [0.29, 0.717) is 55.5 Å². The first-order valence-electron chi connectivity index (χ1n) is 14.6. The maximum Gasteiger partial charge on any atom is 0.251 e. The molecule has 2 aliphatic rings. The van der Waals surface area contributed by atoms with Crippen LogP contribution in [-0.4, -0.2) is 61.9 Å². The van der Waals surface area contributed by atoms with Gasteiger partial charge in [-0.3, -0.25) is 19.6 Å². The number of carbonyl (C=O) groups is 1. The van der Waals surface area contributed by atoms with E-state index in [1.54, 1.807) is 12.3 Å². The van der Waals surface area contributed by atoms with Crippen LogP contribution < -0.4 is 5.56 Å². The summed E-state index contributed by atoms with van der Waals surface area (Å²) in [4.78, 5) is 33.5. The van der Waals surface area contributed by atoms with Gasteiger partial charge in [-0.15, -0.1) is 0 Å². The molecule has 2 aliphatic heterocycles. The van der Waals surface area contributed by atoms with Crippen LogP contribution in [0.5, 0.6) is 0 Å². The Labute approximate surface area is 255 Å². The molecular weight excluding hydrogens is 573 g/mol. The molecule has 8 nitrogen and oxygen atoms in total. The van der Waals surface area contributed by atoms with Gasteiger partial charge in [0.2, 0.25) is 5.91 Å². The van der Waals surface area contributed by atoms with Crippen molar-refractivity contribution in [2.45, 2.75) is 65.1 Å². The average molecular weight is 611 g/mol. The Balaban J connectivity index is 1.19. The summed E-state index contributed by atoms with van der Waals surface area (Å²) in [6.07, 6.45) is 3.25. The summed E-state index contributed by atoms with van der Waals surface area (Å²) >= 11 is 12.7. The molecule has 1 amide bonds. The number of amides is 1. The zero-order valence-corrected chi connectivity index (χ0v) is 25.7. The van der Waals surface area contributed by atoms with E-state index in [9.17, 15) is 14.7 Å². The monoisotopic (exact) mass is 609 g/mol. The number of piperidine rings is 1. The van der Waals surface area contributed by atoms with Crippen molar-refractivity contribution in [1.82, 2.24) is 25.0 Å². The number of likely N-dealkylation sites (tertiary alicyclic amines) is 1. The molecule has 4 heterocycles. The first-order valence-corrected chi connectivity index (χ1v) is 15.4. The number of hydrogen-bond acceptors (Lipinski definition) is 5. The fraction of sp³-hybridized carbons (Fsp3) is 0.469. The molecule has 10 heteroatoms. The highest BCUT2D eigenvalue weighted by atomic mass is 35.5. The topological polar surface area (TPSA) is 105 Å². The predicted molar refractivity (Wildman–Crippen MR) is 167 cm³/mol. The van der Waals surface area contributed by atoms with E-state index in [0.717, 1.165) is 38.5 Å². The summed E-state index contributed by atoms with van der Waals surface area (Å²) in [5.74, 6) is -0.168. The maximum absolute atomic E-state index is 13.7. The van der Waals surface area contributed by atoms with Gasteiger partial charge in [0, 0.05) is 60.0 Å². The number of fused-ring (bicyclic) bond motifs is 4. The number of pyridine rings is 1. The lowest BCUT2D eigenvalue weighted by Gasteiger charge is -2.37. The third-order valence-corrected chi connectivity index (χ3v) is 9.30. The molecule has 0 radical (unpaired) electrons. The van der Waals surface area contributed by atoms with Gasteiger partial charge in [0.15, 0.2) is 0 Å². The Bertz CT molecular complexity index is 1700. The number of halogens is 2. The molecule has 0 bridgehead atoms. The normalized spacial score (nSPS) is 20.7. The van der Waals surface area contributed by atoms with Crippen LogP contribution in [0.25, 0.3) is 21.8 Å². The van der Waals surface area contributed by atoms with Crippen molar-refractivity contribution in [3.8, 4) is 0 Å². The average Bonchev–Trinajstić information content (AvgIpc) is 3.39. The van der Waals surface area contributed by atoms with Crippen LogP contribution in [0.3, 0.4) is 0 Å². The molecule has 1 unspecified atom stereocenters. The number of rotatable bonds is 4. The minimum absolute atomic E-state index is 0.0363. The van der Waals surface area contributed by atoms with E-state index in [2.05, 4.69) is 40.9 Å². The molecule has 2 atom stereocenters. The van der Waals surface area contributed by atoms with E-state index in [1.165, 1.54) is 0 Å². The largest absolute Gasteiger partial charge is 0.378 e. The summed E-state index contributed by atoms with van der Waals surface area (Å²) in [6, 6.07) is 9.42. The van der Waals surface area contributed by atoms with Gasteiger partial charge in [-0.2, -0.15) is 5.10 Å². The van der Waals surface area contributed by atoms with E-state index in [4.69, 9.17) is 23.2 Å². The fourth-order valence-corrected chi connectivity index (χ4v) is 7.20. The van der Waals surface area contributed by atoms with Crippen LogP contribution in [0.2, 0.25) is 10.0 Å². The number of carbonyl (C=O) groups excluding carboxylic acids is 1. The van der Waals surface area contributed by atoms with Crippen molar-refractivity contribution in [2.24, 2.45) is 11.3 Å². The summed E-state index contributed by atoms with van der Waals surface area (Å²) < 4.78 is 0. The number of nitrogens with zero attached hydrogens (tertiary/aromatic N) is 3. The zero-order valence-electron chi connectivity index (χ0n) is 24.2. The standard InChI is InChI=1S/C32H37Cl2N5O3/c1-32(2,3)17-39-16-25-20(12-26(34)29-24(25)15-35-37-29)10-21(31(39)42)13-28(40)38-8-6-18(7-9-38)23-11-19-4-5-22(33)14-27(19)36-30(23)41/h4-5,11-12,14-15,18,21,31,42H,6-10,13,16-17H2,1-3H3,(H,35,37)(H,36,41)/t21-,31?/m0/s1. The van der Waals surface area contributed by atoms with E-state index < -0.39 is 6.23 Å². The van der Waals surface area contributed by atoms with Crippen molar-refractivity contribution in [2.75, 3.05) is 19.6 Å². The molecule has 1 fully saturated rings. The van der Waals surface area contributed by atoms with Crippen molar-refractivity contribution >= 4 is 50.9 Å². The van der Waals surface area contributed by atoms with Gasteiger partial charge in [0.05, 0.1) is 16.7 Å². The molecule has 2 aromatic carbocycles. The molecule has 3 N–H and O–H groups in total. The molecule has 0 saturated carbocycles. The lowest BCUT2D eigenvalue weighted by Crippen LogP contribution is -2.46. The Morgan fingerprint density at radius 2 is 1.90 bits per heavy atom. The third kappa shape index (κ3) is 5.82. The lowest BCUT2D eigenvalue weighted by molar-refractivity contribution is -0.136. The van der Waals surface area contributed by atoms with E-state index >= 15 is 0 Å². The lowest BCUT2D eigenvalue weighted by atomic mass is 9.88. The van der Waals surface area contributed by atoms with Gasteiger partial charge in [0.1, 0.15) is 6.23 Å². The van der Waals surface area contributed by atoms with Gasteiger partial charge in [-0.05, 0) is 71.4 Å². The molecule has 222 valence electrons. The number of aromatic nitrogens is 3. The van der Waals surface area contributed by atoms with Gasteiger partial charge in [-0.25, -0.2) is 0 Å². The predicted octanol–water partition coefficient (Wildman–Crippen LogP) is 5.85. The molecule has 42 heavy (non-hydrogen) atoms. The van der Waals surface area contributed by atoms with Crippen molar-refractivity contribution in [3.63, 3.8) is 0 Å². The van der Waals surface area contributed by atoms with Gasteiger partial charge in [-0.1, -0.05) is 50.0 Å². The summed E-state index contributed by atoms with van der Waals surface area (Å²) in [7, 11) is 0. The van der Waals surface area contributed by atoms with Gasteiger partial charge < -0.3 is 15.0 Å². The van der Waals surface area contributed by atoms with E-state index in [1.807, 2.05) is 29.2 Å². The summed E-state index contributed by atoms with van der Waals surface area (Å²) in [5, 5.41) is 22.0. The van der Waals surface area contributed by atoms with Crippen LogP contribution in [0.1, 0.15) is 62.6 Å². The zero-order chi connectivity index (χ0) is 29.8. The second kappa shape index (κ2) is 11.3. The number of hydrogen-bond donors (Lipinski definition) is 3. The van der Waals surface area contributed by atoms with Crippen LogP contribution in [0.15, 0.2) is 41.3 Å². The quantitative estimate of drug-likeness (QED) is 0.269. The fourth-order valence-electron chi connectivity index (χ4n) is 6.76. The maximum atomic E-state index is 13.7. The molecule has 6 rings (SSSR count). The van der Waals surface area contributed by atoms with Crippen LogP contribution in [-0.2, 0) is 17.8 Å². The number of aromatic amines is 2. The van der Waals surface area contributed by atoms with Crippen molar-refractivity contribution in [3.05, 3.63) is 73.6 Å². The van der Waals surface area contributed by atoms with Crippen LogP contribution in [0, 0.1) is 11.3 Å². The number of aliphatic hydroxyl groups is 1. The SMILES string of the molecule is CC(C)(C)CN1Cc2c(cc(Cl)c3[nH]ncc23)C[C@@H](CC(=O)N2CCC(c3cc4ccc(Cl)cc4[nH]c3=O)CC2)C1O. The molecular formula is C32H37Cl2N5O3. The number of nitrogens with one attached hydrogen (secondary N) is 2. The first-order chi connectivity index (χ1) is 20.0. The highest BCUT2D eigenvalue weighted by Gasteiger charge is 2.36.